The second kappa shape index (κ2) is 4.45. The van der Waals surface area contributed by atoms with Gasteiger partial charge in [-0.05, 0) is 29.7 Å². The lowest BCUT2D eigenvalue weighted by Gasteiger charge is -2.59. The van der Waals surface area contributed by atoms with Crippen LogP contribution in [-0.2, 0) is 13.6 Å². The smallest absolute Gasteiger partial charge is 0.0945 e. The van der Waals surface area contributed by atoms with Crippen LogP contribution in [0.2, 0.25) is 0 Å². The number of nitrogens with zero attached hydrogens (tertiary/aromatic N) is 3. The molecule has 1 aromatic heterocycles. The lowest BCUT2D eigenvalue weighted by Crippen LogP contribution is -2.61. The van der Waals surface area contributed by atoms with E-state index in [2.05, 4.69) is 51.8 Å². The molecule has 3 heteroatoms. The van der Waals surface area contributed by atoms with Crippen LogP contribution in [0.3, 0.4) is 0 Å². The first kappa shape index (κ1) is 12.2. The molecule has 0 atom stereocenters. The molecule has 0 unspecified atom stereocenters. The predicted octanol–water partition coefficient (Wildman–Crippen LogP) is 2.80. The minimum Gasteiger partial charge on any atom is -0.337 e. The van der Waals surface area contributed by atoms with Gasteiger partial charge in [0.05, 0.1) is 12.0 Å². The molecule has 1 spiro atoms. The molecule has 1 aliphatic heterocycles. The van der Waals surface area contributed by atoms with E-state index >= 15 is 0 Å². The molecule has 2 aromatic rings. The molecule has 0 N–H and O–H groups in total. The maximum Gasteiger partial charge on any atom is 0.0945 e. The summed E-state index contributed by atoms with van der Waals surface area (Å²) >= 11 is 0. The summed E-state index contributed by atoms with van der Waals surface area (Å²) in [4.78, 5) is 6.75. The number of benzene rings is 1. The highest BCUT2D eigenvalue weighted by Gasteiger charge is 2.52. The number of aryl methyl sites for hydroxylation is 1. The van der Waals surface area contributed by atoms with E-state index in [0.717, 1.165) is 12.5 Å². The summed E-state index contributed by atoms with van der Waals surface area (Å²) in [6.07, 6.45) is 6.62. The molecular formula is C17H21N3. The van der Waals surface area contributed by atoms with Crippen molar-refractivity contribution in [3.05, 3.63) is 54.1 Å². The molecular weight excluding hydrogens is 246 g/mol. The van der Waals surface area contributed by atoms with Crippen LogP contribution in [-0.4, -0.2) is 27.5 Å². The Kier molecular flexibility index (Phi) is 2.71. The van der Waals surface area contributed by atoms with Crippen molar-refractivity contribution in [1.82, 2.24) is 14.5 Å². The van der Waals surface area contributed by atoms with Crippen molar-refractivity contribution in [3.63, 3.8) is 0 Å². The Morgan fingerprint density at radius 3 is 2.60 bits per heavy atom. The summed E-state index contributed by atoms with van der Waals surface area (Å²) in [6.45, 7) is 3.58. The third kappa shape index (κ3) is 1.97. The molecule has 2 heterocycles. The zero-order valence-electron chi connectivity index (χ0n) is 12.0. The fraction of sp³-hybridized carbons (Fsp3) is 0.471. The van der Waals surface area contributed by atoms with Crippen LogP contribution >= 0.6 is 0 Å². The van der Waals surface area contributed by atoms with Gasteiger partial charge in [0, 0.05) is 32.9 Å². The molecule has 4 rings (SSSR count). The monoisotopic (exact) mass is 267 g/mol. The summed E-state index contributed by atoms with van der Waals surface area (Å²) in [6, 6.07) is 11.0. The van der Waals surface area contributed by atoms with Gasteiger partial charge in [-0.15, -0.1) is 0 Å². The minimum atomic E-state index is 0.624. The van der Waals surface area contributed by atoms with Gasteiger partial charge in [-0.3, -0.25) is 4.90 Å². The van der Waals surface area contributed by atoms with E-state index in [0.29, 0.717) is 5.41 Å². The van der Waals surface area contributed by atoms with Crippen molar-refractivity contribution in [3.8, 4) is 0 Å². The number of rotatable bonds is 3. The van der Waals surface area contributed by atoms with Crippen molar-refractivity contribution in [2.75, 3.05) is 13.1 Å². The van der Waals surface area contributed by atoms with E-state index in [1.54, 1.807) is 0 Å². The van der Waals surface area contributed by atoms with Crippen LogP contribution in [0.5, 0.6) is 0 Å². The Bertz CT molecular complexity index is 588. The fourth-order valence-corrected chi connectivity index (χ4v) is 3.98. The molecule has 1 aromatic carbocycles. The maximum atomic E-state index is 4.19. The zero-order valence-corrected chi connectivity index (χ0v) is 12.0. The summed E-state index contributed by atoms with van der Waals surface area (Å²) < 4.78 is 2.12. The van der Waals surface area contributed by atoms with E-state index in [-0.39, 0.29) is 0 Å². The average Bonchev–Trinajstić information content (AvgIpc) is 2.77. The number of hydrogen-bond acceptors (Lipinski definition) is 2. The third-order valence-electron chi connectivity index (χ3n) is 5.05. The fourth-order valence-electron chi connectivity index (χ4n) is 3.98. The Balaban J connectivity index is 1.31. The highest BCUT2D eigenvalue weighted by atomic mass is 15.2. The Morgan fingerprint density at radius 1 is 1.20 bits per heavy atom. The van der Waals surface area contributed by atoms with Crippen molar-refractivity contribution in [2.45, 2.75) is 25.3 Å². The van der Waals surface area contributed by atoms with Gasteiger partial charge >= 0.3 is 0 Å². The summed E-state index contributed by atoms with van der Waals surface area (Å²) in [5.74, 6) is 0.801. The highest BCUT2D eigenvalue weighted by Crippen LogP contribution is 2.56. The molecule has 104 valence electrons. The van der Waals surface area contributed by atoms with Crippen molar-refractivity contribution < 1.29 is 0 Å². The number of likely N-dealkylation sites (tertiary alicyclic amines) is 1. The van der Waals surface area contributed by atoms with E-state index in [4.69, 9.17) is 0 Å². The molecule has 3 nitrogen and oxygen atoms in total. The van der Waals surface area contributed by atoms with Gasteiger partial charge in [0.2, 0.25) is 0 Å². The largest absolute Gasteiger partial charge is 0.337 e. The van der Waals surface area contributed by atoms with Gasteiger partial charge < -0.3 is 4.57 Å². The second-order valence-corrected chi connectivity index (χ2v) is 6.66. The van der Waals surface area contributed by atoms with Gasteiger partial charge in [0.15, 0.2) is 0 Å². The Hall–Kier alpha value is -1.61. The number of aromatic nitrogens is 2. The van der Waals surface area contributed by atoms with Gasteiger partial charge in [-0.1, -0.05) is 30.3 Å². The number of hydrogen-bond donors (Lipinski definition) is 0. The van der Waals surface area contributed by atoms with Crippen LogP contribution in [0.15, 0.2) is 42.9 Å². The first-order valence-electron chi connectivity index (χ1n) is 7.47. The van der Waals surface area contributed by atoms with E-state index in [1.807, 2.05) is 12.5 Å². The first-order chi connectivity index (χ1) is 9.74. The highest BCUT2D eigenvalue weighted by molar-refractivity contribution is 5.25. The third-order valence-corrected chi connectivity index (χ3v) is 5.05. The zero-order chi connectivity index (χ0) is 13.6. The molecule has 1 saturated heterocycles. The molecule has 1 saturated carbocycles. The lowest BCUT2D eigenvalue weighted by molar-refractivity contribution is -0.0783. The molecule has 0 radical (unpaired) electrons. The standard InChI is InChI=1S/C17H21N3/c1-19-13-18-9-16(19)10-20-11-17(12-20)7-15(8-17)14-5-3-2-4-6-14/h2-6,9,13,15H,7-8,10-12H2,1H3. The molecule has 2 fully saturated rings. The topological polar surface area (TPSA) is 21.1 Å². The normalized spacial score (nSPS) is 21.6. The molecule has 0 amide bonds. The second-order valence-electron chi connectivity index (χ2n) is 6.66. The first-order valence-corrected chi connectivity index (χ1v) is 7.47. The summed E-state index contributed by atoms with van der Waals surface area (Å²) in [5, 5.41) is 0. The van der Waals surface area contributed by atoms with Gasteiger partial charge in [0.25, 0.3) is 0 Å². The van der Waals surface area contributed by atoms with Crippen LogP contribution in [0, 0.1) is 5.41 Å². The quantitative estimate of drug-likeness (QED) is 0.852. The molecule has 20 heavy (non-hydrogen) atoms. The summed E-state index contributed by atoms with van der Waals surface area (Å²) in [7, 11) is 2.08. The van der Waals surface area contributed by atoms with Crippen molar-refractivity contribution in [2.24, 2.45) is 12.5 Å². The minimum absolute atomic E-state index is 0.624. The van der Waals surface area contributed by atoms with Crippen molar-refractivity contribution >= 4 is 0 Å². The predicted molar refractivity (Wildman–Crippen MR) is 79.3 cm³/mol. The lowest BCUT2D eigenvalue weighted by atomic mass is 9.56. The van der Waals surface area contributed by atoms with Gasteiger partial charge in [-0.25, -0.2) is 4.98 Å². The van der Waals surface area contributed by atoms with Crippen LogP contribution in [0.4, 0.5) is 0 Å². The summed E-state index contributed by atoms with van der Waals surface area (Å²) in [5.41, 5.74) is 3.47. The van der Waals surface area contributed by atoms with E-state index < -0.39 is 0 Å². The number of imidazole rings is 1. The van der Waals surface area contributed by atoms with Gasteiger partial charge in [0.1, 0.15) is 0 Å². The van der Waals surface area contributed by atoms with Gasteiger partial charge in [-0.2, -0.15) is 0 Å². The molecule has 1 aliphatic carbocycles. The van der Waals surface area contributed by atoms with E-state index in [1.165, 1.54) is 37.2 Å². The Labute approximate surface area is 120 Å². The molecule has 0 bridgehead atoms. The average molecular weight is 267 g/mol. The van der Waals surface area contributed by atoms with Crippen molar-refractivity contribution in [1.29, 1.82) is 0 Å². The van der Waals surface area contributed by atoms with Crippen LogP contribution < -0.4 is 0 Å². The maximum absolute atomic E-state index is 4.19. The molecule has 2 aliphatic rings. The van der Waals surface area contributed by atoms with E-state index in [9.17, 15) is 0 Å². The van der Waals surface area contributed by atoms with Crippen LogP contribution in [0.1, 0.15) is 30.0 Å². The Morgan fingerprint density at radius 2 is 1.95 bits per heavy atom. The SMILES string of the molecule is Cn1cncc1CN1CC2(CC(c3ccccc3)C2)C1. The van der Waals surface area contributed by atoms with Crippen LogP contribution in [0.25, 0.3) is 0 Å².